The van der Waals surface area contributed by atoms with Gasteiger partial charge in [0.1, 0.15) is 11.6 Å². The number of nitroso groups, excluding NO2 is 1. The molecule has 0 aliphatic rings. The lowest BCUT2D eigenvalue weighted by Gasteiger charge is -1.94. The van der Waals surface area contributed by atoms with Crippen LogP contribution in [0.4, 0.5) is 8.78 Å². The van der Waals surface area contributed by atoms with Crippen molar-refractivity contribution in [2.45, 2.75) is 0 Å². The number of benzene rings is 1. The first kappa shape index (κ1) is 8.45. The molecule has 0 N–H and O–H groups in total. The second kappa shape index (κ2) is 3.17. The maximum absolute atomic E-state index is 12.6. The molecule has 0 radical (unpaired) electrons. The van der Waals surface area contributed by atoms with Gasteiger partial charge < -0.3 is 0 Å². The van der Waals surface area contributed by atoms with Gasteiger partial charge in [-0.25, -0.2) is 8.78 Å². The van der Waals surface area contributed by atoms with Gasteiger partial charge in [0.05, 0.1) is 5.56 Å². The van der Waals surface area contributed by atoms with Crippen LogP contribution in [0, 0.1) is 16.5 Å². The summed E-state index contributed by atoms with van der Waals surface area (Å²) in [5, 5.41) is 1.97. The first-order valence-electron chi connectivity index (χ1n) is 2.98. The third kappa shape index (κ3) is 1.50. The summed E-state index contributed by atoms with van der Waals surface area (Å²) >= 11 is 0. The van der Waals surface area contributed by atoms with Gasteiger partial charge in [-0.3, -0.25) is 4.79 Å². The van der Waals surface area contributed by atoms with Crippen LogP contribution in [0.15, 0.2) is 23.4 Å². The molecule has 0 fully saturated rings. The Kier molecular flexibility index (Phi) is 2.23. The van der Waals surface area contributed by atoms with Gasteiger partial charge in [0.15, 0.2) is 0 Å². The number of amides is 1. The molecule has 0 saturated heterocycles. The lowest BCUT2D eigenvalue weighted by molar-refractivity contribution is 0.0996. The Morgan fingerprint density at radius 3 is 2.58 bits per heavy atom. The Hall–Kier alpha value is -1.65. The highest BCUT2D eigenvalue weighted by atomic mass is 19.1. The van der Waals surface area contributed by atoms with Crippen molar-refractivity contribution >= 4 is 5.91 Å². The second-order valence-corrected chi connectivity index (χ2v) is 2.02. The van der Waals surface area contributed by atoms with Gasteiger partial charge in [0.2, 0.25) is 0 Å². The van der Waals surface area contributed by atoms with Crippen LogP contribution in [-0.4, -0.2) is 5.91 Å². The molecule has 1 aromatic rings. The summed E-state index contributed by atoms with van der Waals surface area (Å²) in [6.07, 6.45) is 0. The summed E-state index contributed by atoms with van der Waals surface area (Å²) in [4.78, 5) is 20.2. The van der Waals surface area contributed by atoms with Crippen molar-refractivity contribution in [3.63, 3.8) is 0 Å². The molecule has 0 saturated carbocycles. The van der Waals surface area contributed by atoms with Crippen molar-refractivity contribution in [2.24, 2.45) is 5.18 Å². The summed E-state index contributed by atoms with van der Waals surface area (Å²) in [6, 6.07) is 2.23. The average molecular weight is 171 g/mol. The van der Waals surface area contributed by atoms with Crippen LogP contribution in [0.5, 0.6) is 0 Å². The van der Waals surface area contributed by atoms with E-state index in [1.165, 1.54) is 0 Å². The average Bonchev–Trinajstić information content (AvgIpc) is 2.08. The van der Waals surface area contributed by atoms with Crippen LogP contribution >= 0.6 is 0 Å². The van der Waals surface area contributed by atoms with Gasteiger partial charge in [-0.15, -0.1) is 4.91 Å². The van der Waals surface area contributed by atoms with Crippen LogP contribution in [0.3, 0.4) is 0 Å². The zero-order valence-corrected chi connectivity index (χ0v) is 5.75. The minimum absolute atomic E-state index is 0.624. The molecule has 0 spiro atoms. The summed E-state index contributed by atoms with van der Waals surface area (Å²) in [5.74, 6) is -3.06. The SMILES string of the molecule is O=NC(=O)c1cc(F)ccc1F. The van der Waals surface area contributed by atoms with E-state index in [0.29, 0.717) is 6.07 Å². The highest BCUT2D eigenvalue weighted by Crippen LogP contribution is 2.10. The monoisotopic (exact) mass is 171 g/mol. The Morgan fingerprint density at radius 2 is 2.00 bits per heavy atom. The van der Waals surface area contributed by atoms with Crippen molar-refractivity contribution in [3.05, 3.63) is 40.3 Å². The predicted octanol–water partition coefficient (Wildman–Crippen LogP) is 1.87. The number of hydrogen-bond donors (Lipinski definition) is 0. The largest absolute Gasteiger partial charge is 0.319 e. The van der Waals surface area contributed by atoms with Crippen LogP contribution < -0.4 is 0 Å². The fourth-order valence-corrected chi connectivity index (χ4v) is 0.711. The Balaban J connectivity index is 3.22. The summed E-state index contributed by atoms with van der Waals surface area (Å²) in [5.41, 5.74) is -0.648. The molecule has 0 aliphatic heterocycles. The molecule has 1 amide bonds. The molecule has 5 heteroatoms. The smallest absolute Gasteiger partial charge is 0.263 e. The highest BCUT2D eigenvalue weighted by molar-refractivity contribution is 5.94. The molecule has 1 aromatic carbocycles. The molecule has 0 aromatic heterocycles. The van der Waals surface area contributed by atoms with Gasteiger partial charge >= 0.3 is 5.91 Å². The number of carbonyl (C=O) groups excluding carboxylic acids is 1. The molecule has 0 heterocycles. The van der Waals surface area contributed by atoms with Gasteiger partial charge in [-0.2, -0.15) is 0 Å². The Morgan fingerprint density at radius 1 is 1.33 bits per heavy atom. The zero-order chi connectivity index (χ0) is 9.14. The number of halogens is 2. The highest BCUT2D eigenvalue weighted by Gasteiger charge is 2.12. The van der Waals surface area contributed by atoms with E-state index in [-0.39, 0.29) is 0 Å². The Labute approximate surface area is 66.0 Å². The molecule has 0 aliphatic carbocycles. The number of hydrogen-bond acceptors (Lipinski definition) is 2. The van der Waals surface area contributed by atoms with Crippen molar-refractivity contribution in [3.8, 4) is 0 Å². The summed E-state index contributed by atoms with van der Waals surface area (Å²) in [6.45, 7) is 0. The number of carbonyl (C=O) groups is 1. The van der Waals surface area contributed by atoms with E-state index >= 15 is 0 Å². The quantitative estimate of drug-likeness (QED) is 0.605. The standard InChI is InChI=1S/C7H3F2NO2/c8-4-1-2-6(9)5(3-4)7(11)10-12/h1-3H. The first-order chi connectivity index (χ1) is 5.65. The van der Waals surface area contributed by atoms with Crippen LogP contribution in [-0.2, 0) is 0 Å². The second-order valence-electron chi connectivity index (χ2n) is 2.02. The third-order valence-electron chi connectivity index (χ3n) is 1.24. The molecule has 62 valence electrons. The van der Waals surface area contributed by atoms with E-state index in [4.69, 9.17) is 0 Å². The molecule has 0 bridgehead atoms. The molecule has 1 rings (SSSR count). The number of nitrogens with zero attached hydrogens (tertiary/aromatic N) is 1. The van der Waals surface area contributed by atoms with E-state index in [1.54, 1.807) is 0 Å². The molecule has 0 atom stereocenters. The van der Waals surface area contributed by atoms with E-state index in [2.05, 4.69) is 0 Å². The molecule has 0 unspecified atom stereocenters. The van der Waals surface area contributed by atoms with Crippen molar-refractivity contribution in [2.75, 3.05) is 0 Å². The van der Waals surface area contributed by atoms with E-state index < -0.39 is 23.1 Å². The fraction of sp³-hybridized carbons (Fsp3) is 0. The van der Waals surface area contributed by atoms with Gasteiger partial charge in [0.25, 0.3) is 0 Å². The van der Waals surface area contributed by atoms with Crippen LogP contribution in [0.25, 0.3) is 0 Å². The van der Waals surface area contributed by atoms with E-state index in [1.807, 2.05) is 5.18 Å². The molecule has 3 nitrogen and oxygen atoms in total. The lowest BCUT2D eigenvalue weighted by Crippen LogP contribution is -1.98. The topological polar surface area (TPSA) is 46.5 Å². The molecule has 12 heavy (non-hydrogen) atoms. The van der Waals surface area contributed by atoms with Gasteiger partial charge in [-0.1, -0.05) is 0 Å². The van der Waals surface area contributed by atoms with Crippen LogP contribution in [0.1, 0.15) is 10.4 Å². The lowest BCUT2D eigenvalue weighted by atomic mass is 10.2. The third-order valence-corrected chi connectivity index (χ3v) is 1.24. The minimum Gasteiger partial charge on any atom is -0.263 e. The summed E-state index contributed by atoms with van der Waals surface area (Å²) < 4.78 is 25.0. The van der Waals surface area contributed by atoms with Crippen molar-refractivity contribution in [1.29, 1.82) is 0 Å². The first-order valence-corrected chi connectivity index (χ1v) is 2.98. The van der Waals surface area contributed by atoms with Gasteiger partial charge in [-0.05, 0) is 18.2 Å². The maximum atomic E-state index is 12.6. The van der Waals surface area contributed by atoms with E-state index in [0.717, 1.165) is 12.1 Å². The van der Waals surface area contributed by atoms with E-state index in [9.17, 15) is 18.5 Å². The molecular weight excluding hydrogens is 168 g/mol. The number of rotatable bonds is 1. The fourth-order valence-electron chi connectivity index (χ4n) is 0.711. The normalized spacial score (nSPS) is 9.50. The minimum atomic E-state index is -1.31. The Bertz CT molecular complexity index is 338. The zero-order valence-electron chi connectivity index (χ0n) is 5.75. The summed E-state index contributed by atoms with van der Waals surface area (Å²) in [7, 11) is 0. The van der Waals surface area contributed by atoms with Crippen molar-refractivity contribution in [1.82, 2.24) is 0 Å². The van der Waals surface area contributed by atoms with Crippen molar-refractivity contribution < 1.29 is 13.6 Å². The van der Waals surface area contributed by atoms with Crippen LogP contribution in [0.2, 0.25) is 0 Å². The molecular formula is C7H3F2NO2. The van der Waals surface area contributed by atoms with Gasteiger partial charge in [0, 0.05) is 5.18 Å². The maximum Gasteiger partial charge on any atom is 0.319 e. The predicted molar refractivity (Wildman–Crippen MR) is 36.5 cm³/mol.